The van der Waals surface area contributed by atoms with Gasteiger partial charge in [-0.05, 0) is 22.9 Å². The Labute approximate surface area is 162 Å². The quantitative estimate of drug-likeness (QED) is 0.472. The van der Waals surface area contributed by atoms with Crippen LogP contribution in [0.1, 0.15) is 0 Å². The number of hydrogen-bond acceptors (Lipinski definition) is 5. The van der Waals surface area contributed by atoms with Crippen molar-refractivity contribution in [1.82, 2.24) is 10.7 Å². The van der Waals surface area contributed by atoms with Gasteiger partial charge in [-0.1, -0.05) is 72.8 Å². The molecule has 1 aliphatic heterocycles. The molecule has 0 amide bonds. The number of hydrazine groups is 2. The van der Waals surface area contributed by atoms with E-state index in [1.807, 2.05) is 48.5 Å². The van der Waals surface area contributed by atoms with Crippen molar-refractivity contribution in [2.45, 2.75) is 0 Å². The molecule has 0 unspecified atom stereocenters. The van der Waals surface area contributed by atoms with Crippen molar-refractivity contribution in [3.8, 4) is 0 Å². The Bertz CT molecular complexity index is 1200. The zero-order valence-electron chi connectivity index (χ0n) is 15.1. The molecule has 5 heteroatoms. The minimum atomic E-state index is 0.832. The van der Waals surface area contributed by atoms with Gasteiger partial charge in [-0.25, -0.2) is 5.43 Å². The molecule has 4 aromatic carbocycles. The first-order chi connectivity index (χ1) is 13.9. The highest BCUT2D eigenvalue weighted by Crippen LogP contribution is 2.25. The van der Waals surface area contributed by atoms with Crippen LogP contribution in [-0.2, 0) is 0 Å². The van der Waals surface area contributed by atoms with Crippen molar-refractivity contribution in [3.05, 3.63) is 96.8 Å². The number of nitrogens with one attached hydrogen (secondary N) is 3. The summed E-state index contributed by atoms with van der Waals surface area (Å²) in [7, 11) is 0. The van der Waals surface area contributed by atoms with E-state index >= 15 is 0 Å². The maximum Gasteiger partial charge on any atom is 0.127 e. The molecule has 0 bridgehead atoms. The van der Waals surface area contributed by atoms with Gasteiger partial charge in [0.25, 0.3) is 0 Å². The minimum absolute atomic E-state index is 0.832. The lowest BCUT2D eigenvalue weighted by molar-refractivity contribution is 0.274. The summed E-state index contributed by atoms with van der Waals surface area (Å²) in [5.74, 6) is 0.832. The molecule has 0 spiro atoms. The standard InChI is InChI=1S/C23H19N5/c1-3-11-19-17(7-1)9-5-13-21(19)25-23-15-16-24-28(27-23)26-22-14-6-10-18-8-2-4-12-20(18)22/h1-16,25-27H. The van der Waals surface area contributed by atoms with Gasteiger partial charge in [-0.2, -0.15) is 0 Å². The number of nitrogens with zero attached hydrogens (tertiary/aromatic N) is 2. The van der Waals surface area contributed by atoms with E-state index < -0.39 is 0 Å². The molecule has 0 fully saturated rings. The Morgan fingerprint density at radius 3 is 2.04 bits per heavy atom. The molecule has 28 heavy (non-hydrogen) atoms. The van der Waals surface area contributed by atoms with Crippen molar-refractivity contribution in [2.75, 3.05) is 10.7 Å². The molecule has 1 aliphatic rings. The third kappa shape index (κ3) is 3.10. The van der Waals surface area contributed by atoms with Gasteiger partial charge in [-0.15, -0.1) is 10.3 Å². The molecule has 0 saturated heterocycles. The van der Waals surface area contributed by atoms with Gasteiger partial charge < -0.3 is 5.32 Å². The van der Waals surface area contributed by atoms with E-state index in [4.69, 9.17) is 0 Å². The molecular formula is C23H19N5. The van der Waals surface area contributed by atoms with E-state index in [0.717, 1.165) is 22.6 Å². The summed E-state index contributed by atoms with van der Waals surface area (Å²) in [6.07, 6.45) is 3.66. The number of hydrogen-bond donors (Lipinski definition) is 3. The number of benzene rings is 4. The first kappa shape index (κ1) is 16.2. The summed E-state index contributed by atoms with van der Waals surface area (Å²) in [4.78, 5) is 0. The van der Waals surface area contributed by atoms with Crippen LogP contribution in [0, 0.1) is 0 Å². The smallest absolute Gasteiger partial charge is 0.127 e. The summed E-state index contributed by atoms with van der Waals surface area (Å²) in [6, 6.07) is 29.0. The fourth-order valence-electron chi connectivity index (χ4n) is 3.40. The van der Waals surface area contributed by atoms with Crippen molar-refractivity contribution in [2.24, 2.45) is 5.10 Å². The number of rotatable bonds is 4. The van der Waals surface area contributed by atoms with Crippen LogP contribution in [0.4, 0.5) is 11.4 Å². The Morgan fingerprint density at radius 1 is 0.679 bits per heavy atom. The lowest BCUT2D eigenvalue weighted by Crippen LogP contribution is -2.41. The molecule has 0 radical (unpaired) electrons. The number of hydrazone groups is 1. The zero-order chi connectivity index (χ0) is 18.8. The molecule has 4 aromatic rings. The molecule has 136 valence electrons. The van der Waals surface area contributed by atoms with E-state index in [1.54, 1.807) is 11.4 Å². The first-order valence-corrected chi connectivity index (χ1v) is 9.17. The third-order valence-corrected chi connectivity index (χ3v) is 4.72. The molecule has 5 nitrogen and oxygen atoms in total. The van der Waals surface area contributed by atoms with Gasteiger partial charge in [-0.3, -0.25) is 5.43 Å². The number of fused-ring (bicyclic) bond motifs is 2. The summed E-state index contributed by atoms with van der Waals surface area (Å²) in [5.41, 5.74) is 8.59. The maximum atomic E-state index is 4.36. The predicted molar refractivity (Wildman–Crippen MR) is 117 cm³/mol. The van der Waals surface area contributed by atoms with Crippen LogP contribution >= 0.6 is 0 Å². The summed E-state index contributed by atoms with van der Waals surface area (Å²) >= 11 is 0. The lowest BCUT2D eigenvalue weighted by atomic mass is 10.1. The molecule has 0 saturated carbocycles. The molecule has 0 aromatic heterocycles. The second-order valence-electron chi connectivity index (χ2n) is 6.56. The monoisotopic (exact) mass is 365 g/mol. The Balaban J connectivity index is 1.36. The normalized spacial score (nSPS) is 13.3. The van der Waals surface area contributed by atoms with Crippen molar-refractivity contribution in [1.29, 1.82) is 0 Å². The maximum absolute atomic E-state index is 4.36. The molecule has 1 heterocycles. The van der Waals surface area contributed by atoms with Gasteiger partial charge in [0, 0.05) is 22.5 Å². The Kier molecular flexibility index (Phi) is 4.03. The van der Waals surface area contributed by atoms with Gasteiger partial charge >= 0.3 is 0 Å². The predicted octanol–water partition coefficient (Wildman–Crippen LogP) is 5.08. The topological polar surface area (TPSA) is 51.7 Å². The van der Waals surface area contributed by atoms with Crippen LogP contribution < -0.4 is 16.2 Å². The van der Waals surface area contributed by atoms with E-state index in [-0.39, 0.29) is 0 Å². The highest BCUT2D eigenvalue weighted by molar-refractivity contribution is 5.95. The highest BCUT2D eigenvalue weighted by atomic mass is 15.9. The largest absolute Gasteiger partial charge is 0.340 e. The van der Waals surface area contributed by atoms with Crippen molar-refractivity contribution >= 4 is 39.1 Å². The Hall–Kier alpha value is -3.99. The van der Waals surface area contributed by atoms with Crippen LogP contribution in [0.3, 0.4) is 0 Å². The van der Waals surface area contributed by atoms with E-state index in [1.165, 1.54) is 16.2 Å². The molecular weight excluding hydrogens is 346 g/mol. The summed E-state index contributed by atoms with van der Waals surface area (Å²) in [5, 5.41) is 14.1. The van der Waals surface area contributed by atoms with Crippen LogP contribution in [-0.4, -0.2) is 11.4 Å². The van der Waals surface area contributed by atoms with E-state index in [2.05, 4.69) is 63.7 Å². The highest BCUT2D eigenvalue weighted by Gasteiger charge is 2.10. The lowest BCUT2D eigenvalue weighted by Gasteiger charge is -2.27. The SMILES string of the molecule is C1=NN(Nc2cccc3ccccc23)NC(Nc2cccc3ccccc23)=C1. The molecule has 5 rings (SSSR count). The van der Waals surface area contributed by atoms with Crippen LogP contribution in [0.5, 0.6) is 0 Å². The number of anilines is 2. The van der Waals surface area contributed by atoms with Crippen molar-refractivity contribution in [3.63, 3.8) is 0 Å². The third-order valence-electron chi connectivity index (χ3n) is 4.72. The van der Waals surface area contributed by atoms with E-state index in [9.17, 15) is 0 Å². The van der Waals surface area contributed by atoms with E-state index in [0.29, 0.717) is 0 Å². The minimum Gasteiger partial charge on any atom is -0.340 e. The first-order valence-electron chi connectivity index (χ1n) is 9.17. The fourth-order valence-corrected chi connectivity index (χ4v) is 3.40. The number of allylic oxidation sites excluding steroid dienone is 1. The summed E-state index contributed by atoms with van der Waals surface area (Å²) < 4.78 is 0. The molecule has 0 aliphatic carbocycles. The van der Waals surface area contributed by atoms with Gasteiger partial charge in [0.05, 0.1) is 11.9 Å². The van der Waals surface area contributed by atoms with Crippen molar-refractivity contribution < 1.29 is 0 Å². The summed E-state index contributed by atoms with van der Waals surface area (Å²) in [6.45, 7) is 0. The van der Waals surface area contributed by atoms with Crippen LogP contribution in [0.25, 0.3) is 21.5 Å². The second kappa shape index (κ2) is 6.96. The second-order valence-corrected chi connectivity index (χ2v) is 6.56. The zero-order valence-corrected chi connectivity index (χ0v) is 15.1. The van der Waals surface area contributed by atoms with Crippen LogP contribution in [0.2, 0.25) is 0 Å². The van der Waals surface area contributed by atoms with Gasteiger partial charge in [0.2, 0.25) is 0 Å². The molecule has 0 atom stereocenters. The average molecular weight is 365 g/mol. The van der Waals surface area contributed by atoms with Gasteiger partial charge in [0.15, 0.2) is 0 Å². The Morgan fingerprint density at radius 2 is 1.29 bits per heavy atom. The average Bonchev–Trinajstić information content (AvgIpc) is 2.75. The molecule has 3 N–H and O–H groups in total. The van der Waals surface area contributed by atoms with Gasteiger partial charge in [0.1, 0.15) is 5.82 Å². The fraction of sp³-hybridized carbons (Fsp3) is 0. The van der Waals surface area contributed by atoms with Crippen LogP contribution in [0.15, 0.2) is 102 Å².